The molecule has 244 valence electrons. The minimum absolute atomic E-state index is 0.498. The SMILES string of the molecule is CC[Si]1(CC)C2=C(c3ccc(-c4ccccc4)cc3)[CH](c3ccccc32)[Hf]([CH3])([CH3])[CH]2C(c3ccc(-c4ccccc4)cc3)=C1c1ccccc12. The number of fused-ring (bicyclic) bond motifs is 8. The van der Waals surface area contributed by atoms with Crippen LogP contribution in [0, 0.1) is 0 Å². The summed E-state index contributed by atoms with van der Waals surface area (Å²) in [7, 11) is -2.31. The van der Waals surface area contributed by atoms with E-state index in [4.69, 9.17) is 0 Å². The first-order valence-corrected chi connectivity index (χ1v) is 32.2. The second-order valence-electron chi connectivity index (χ2n) is 15.1. The molecule has 4 bridgehead atoms. The molecule has 2 unspecified atom stereocenters. The van der Waals surface area contributed by atoms with Crippen LogP contribution < -0.4 is 0 Å². The van der Waals surface area contributed by atoms with Crippen molar-refractivity contribution in [2.75, 3.05) is 0 Å². The fraction of sp³-hybridized carbons (Fsp3) is 0.167. The molecule has 2 aliphatic carbocycles. The summed E-state index contributed by atoms with van der Waals surface area (Å²) in [6, 6.07) is 62.8. The average molecular weight is 827 g/mol. The molecule has 0 fully saturated rings. The van der Waals surface area contributed by atoms with Gasteiger partial charge in [-0.25, -0.2) is 0 Å². The Balaban J connectivity index is 1.34. The van der Waals surface area contributed by atoms with E-state index in [1.807, 2.05) is 0 Å². The third-order valence-corrected chi connectivity index (χ3v) is 32.9. The predicted molar refractivity (Wildman–Crippen MR) is 214 cm³/mol. The second kappa shape index (κ2) is 12.3. The zero-order valence-corrected chi connectivity index (χ0v) is 34.2. The molecule has 0 saturated carbocycles. The summed E-state index contributed by atoms with van der Waals surface area (Å²) >= 11 is -3.43. The zero-order chi connectivity index (χ0) is 34.0. The van der Waals surface area contributed by atoms with Gasteiger partial charge in [-0.2, -0.15) is 0 Å². The Morgan fingerprint density at radius 2 is 0.720 bits per heavy atom. The third-order valence-electron chi connectivity index (χ3n) is 12.5. The van der Waals surface area contributed by atoms with Crippen LogP contribution in [0.1, 0.15) is 54.6 Å². The maximum atomic E-state index is 2.80. The Morgan fingerprint density at radius 1 is 0.400 bits per heavy atom. The van der Waals surface area contributed by atoms with E-state index in [2.05, 4.69) is 181 Å². The first-order chi connectivity index (χ1) is 24.5. The van der Waals surface area contributed by atoms with Crippen molar-refractivity contribution in [2.45, 2.75) is 42.6 Å². The maximum absolute atomic E-state index is 3.43. The van der Waals surface area contributed by atoms with Crippen LogP contribution >= 0.6 is 0 Å². The molecule has 6 aromatic carbocycles. The average Bonchev–Trinajstić information content (AvgIpc) is 3.73. The van der Waals surface area contributed by atoms with Gasteiger partial charge in [0.2, 0.25) is 0 Å². The first-order valence-electron chi connectivity index (χ1n) is 18.5. The van der Waals surface area contributed by atoms with E-state index in [1.165, 1.54) is 45.5 Å². The van der Waals surface area contributed by atoms with Gasteiger partial charge in [0, 0.05) is 0 Å². The molecule has 0 amide bonds. The van der Waals surface area contributed by atoms with Crippen LogP contribution in [0.25, 0.3) is 43.8 Å². The van der Waals surface area contributed by atoms with Crippen molar-refractivity contribution in [2.24, 2.45) is 0 Å². The van der Waals surface area contributed by atoms with Crippen LogP contribution in [0.5, 0.6) is 0 Å². The molecule has 0 spiro atoms. The number of benzene rings is 6. The topological polar surface area (TPSA) is 0 Å². The predicted octanol–water partition coefficient (Wildman–Crippen LogP) is 13.5. The molecule has 0 saturated heterocycles. The number of rotatable bonds is 6. The van der Waals surface area contributed by atoms with Crippen molar-refractivity contribution in [3.63, 3.8) is 0 Å². The fourth-order valence-electron chi connectivity index (χ4n) is 10.2. The van der Waals surface area contributed by atoms with Gasteiger partial charge >= 0.3 is 306 Å². The Morgan fingerprint density at radius 3 is 1.10 bits per heavy atom. The molecule has 0 radical (unpaired) electrons. The second-order valence-corrected chi connectivity index (χ2v) is 36.9. The number of allylic oxidation sites excluding steroid dienone is 2. The quantitative estimate of drug-likeness (QED) is 0.147. The zero-order valence-electron chi connectivity index (χ0n) is 29.6. The van der Waals surface area contributed by atoms with Crippen LogP contribution in [0.2, 0.25) is 21.4 Å². The monoisotopic (exact) mass is 828 g/mol. The molecular weight excluding hydrogens is 783 g/mol. The van der Waals surface area contributed by atoms with Crippen molar-refractivity contribution in [3.8, 4) is 22.3 Å². The molecule has 0 nitrogen and oxygen atoms in total. The molecule has 50 heavy (non-hydrogen) atoms. The van der Waals surface area contributed by atoms with E-state index in [0.29, 0.717) is 7.35 Å². The van der Waals surface area contributed by atoms with Gasteiger partial charge in [0.05, 0.1) is 0 Å². The summed E-state index contributed by atoms with van der Waals surface area (Å²) in [4.78, 5) is 0. The van der Waals surface area contributed by atoms with Gasteiger partial charge in [0.25, 0.3) is 0 Å². The number of hydrogen-bond acceptors (Lipinski definition) is 0. The first kappa shape index (κ1) is 31.8. The van der Waals surface area contributed by atoms with Crippen LogP contribution in [0.4, 0.5) is 0 Å². The van der Waals surface area contributed by atoms with Crippen LogP contribution in [-0.4, -0.2) is 8.07 Å². The number of hydrogen-bond donors (Lipinski definition) is 0. The van der Waals surface area contributed by atoms with E-state index in [9.17, 15) is 0 Å². The summed E-state index contributed by atoms with van der Waals surface area (Å²) in [5, 5.41) is 3.49. The summed E-state index contributed by atoms with van der Waals surface area (Å²) in [5.41, 5.74) is 17.8. The molecule has 2 heteroatoms. The van der Waals surface area contributed by atoms with E-state index < -0.39 is 28.0 Å². The van der Waals surface area contributed by atoms with E-state index >= 15 is 0 Å². The minimum atomic E-state index is -3.43. The van der Waals surface area contributed by atoms with Crippen LogP contribution in [0.3, 0.4) is 0 Å². The van der Waals surface area contributed by atoms with E-state index in [1.54, 1.807) is 43.8 Å². The van der Waals surface area contributed by atoms with Crippen LogP contribution in [0.15, 0.2) is 158 Å². The third kappa shape index (κ3) is 4.64. The van der Waals surface area contributed by atoms with Gasteiger partial charge in [0.15, 0.2) is 0 Å². The van der Waals surface area contributed by atoms with Gasteiger partial charge in [-0.05, 0) is 0 Å². The molecular formula is C48H44HfSi. The summed E-state index contributed by atoms with van der Waals surface area (Å²) < 4.78 is 6.59. The molecule has 1 heterocycles. The van der Waals surface area contributed by atoms with Gasteiger partial charge in [-0.3, -0.25) is 0 Å². The van der Waals surface area contributed by atoms with Gasteiger partial charge in [-0.15, -0.1) is 0 Å². The Kier molecular flexibility index (Phi) is 7.82. The van der Waals surface area contributed by atoms with E-state index in [0.717, 1.165) is 0 Å². The fourth-order valence-corrected chi connectivity index (χ4v) is 32.9. The van der Waals surface area contributed by atoms with Gasteiger partial charge in [0.1, 0.15) is 0 Å². The normalized spacial score (nSPS) is 19.5. The van der Waals surface area contributed by atoms with Crippen LogP contribution in [-0.2, 0) is 20.0 Å². The summed E-state index contributed by atoms with van der Waals surface area (Å²) in [6.45, 7) is 5.04. The molecule has 6 aromatic rings. The Bertz CT molecular complexity index is 2130. The Labute approximate surface area is 303 Å². The van der Waals surface area contributed by atoms with Crippen molar-refractivity contribution in [1.82, 2.24) is 0 Å². The standard InChI is InChI=1S/C46H38Si.2CH3.Hf/c1-3-47(4-2,45-41-21-13-11-19-39(41)31-43(45)37-27-23-35(24-28-37)33-15-7-5-8-16-33)46-42-22-14-12-20-40(42)32-44(46)38-29-25-36(26-30-38)34-17-9-6-10-18-34;;;/h5-32H,3-4H2,1-2H3;2*1H3;. The molecule has 3 aliphatic rings. The summed E-state index contributed by atoms with van der Waals surface area (Å²) in [6.07, 6.45) is 0. The molecule has 0 N–H and O–H groups in total. The van der Waals surface area contributed by atoms with Gasteiger partial charge in [-0.1, -0.05) is 0 Å². The summed E-state index contributed by atoms with van der Waals surface area (Å²) in [5.74, 6) is 0. The molecule has 9 rings (SSSR count). The molecule has 2 atom stereocenters. The molecule has 1 aliphatic heterocycles. The molecule has 0 aromatic heterocycles. The van der Waals surface area contributed by atoms with Crippen molar-refractivity contribution in [3.05, 3.63) is 191 Å². The van der Waals surface area contributed by atoms with E-state index in [-0.39, 0.29) is 0 Å². The van der Waals surface area contributed by atoms with Gasteiger partial charge < -0.3 is 0 Å². The van der Waals surface area contributed by atoms with Crippen molar-refractivity contribution in [1.29, 1.82) is 0 Å². The Hall–Kier alpha value is -4.11. The van der Waals surface area contributed by atoms with Crippen molar-refractivity contribution >= 4 is 29.6 Å². The van der Waals surface area contributed by atoms with Crippen molar-refractivity contribution < 1.29 is 20.0 Å².